The summed E-state index contributed by atoms with van der Waals surface area (Å²) >= 11 is 0. The molecular formula is C18H22O. The van der Waals surface area contributed by atoms with Crippen LogP contribution in [0.1, 0.15) is 30.5 Å². The van der Waals surface area contributed by atoms with E-state index in [-0.39, 0.29) is 6.61 Å². The highest BCUT2D eigenvalue weighted by atomic mass is 16.3. The van der Waals surface area contributed by atoms with Crippen LogP contribution in [0.25, 0.3) is 11.1 Å². The zero-order valence-electron chi connectivity index (χ0n) is 12.0. The summed E-state index contributed by atoms with van der Waals surface area (Å²) < 4.78 is 0. The molecule has 0 aromatic heterocycles. The lowest BCUT2D eigenvalue weighted by atomic mass is 9.97. The summed E-state index contributed by atoms with van der Waals surface area (Å²) in [6.07, 6.45) is 1.12. The number of aliphatic hydroxyl groups excluding tert-OH is 1. The number of aliphatic hydroxyl groups is 1. The van der Waals surface area contributed by atoms with Gasteiger partial charge in [-0.2, -0.15) is 0 Å². The van der Waals surface area contributed by atoms with Gasteiger partial charge in [0.2, 0.25) is 0 Å². The van der Waals surface area contributed by atoms with E-state index < -0.39 is 0 Å². The molecule has 2 aromatic carbocycles. The minimum absolute atomic E-state index is 0.102. The first-order valence-corrected chi connectivity index (χ1v) is 6.90. The highest BCUT2D eigenvalue weighted by Gasteiger charge is 2.03. The maximum Gasteiger partial charge on any atom is 0.0684 e. The van der Waals surface area contributed by atoms with Crippen LogP contribution in [0.15, 0.2) is 42.5 Å². The van der Waals surface area contributed by atoms with Crippen LogP contribution in [0, 0.1) is 12.8 Å². The van der Waals surface area contributed by atoms with Crippen molar-refractivity contribution in [3.63, 3.8) is 0 Å². The number of hydrogen-bond donors (Lipinski definition) is 1. The molecule has 0 atom stereocenters. The van der Waals surface area contributed by atoms with Gasteiger partial charge >= 0.3 is 0 Å². The Bertz CT molecular complexity index is 538. The summed E-state index contributed by atoms with van der Waals surface area (Å²) in [5, 5.41) is 9.33. The van der Waals surface area contributed by atoms with Crippen molar-refractivity contribution in [2.75, 3.05) is 0 Å². The fourth-order valence-corrected chi connectivity index (χ4v) is 2.33. The van der Waals surface area contributed by atoms with Crippen LogP contribution in [0.5, 0.6) is 0 Å². The maximum atomic E-state index is 9.33. The van der Waals surface area contributed by atoms with E-state index in [0.717, 1.165) is 17.5 Å². The van der Waals surface area contributed by atoms with Crippen molar-refractivity contribution in [3.05, 3.63) is 59.2 Å². The Labute approximate surface area is 115 Å². The van der Waals surface area contributed by atoms with Crippen molar-refractivity contribution in [2.45, 2.75) is 33.8 Å². The summed E-state index contributed by atoms with van der Waals surface area (Å²) in [5.41, 5.74) is 5.91. The van der Waals surface area contributed by atoms with Crippen molar-refractivity contribution >= 4 is 0 Å². The molecule has 0 amide bonds. The van der Waals surface area contributed by atoms with Crippen molar-refractivity contribution in [3.8, 4) is 11.1 Å². The Morgan fingerprint density at radius 1 is 0.947 bits per heavy atom. The summed E-state index contributed by atoms with van der Waals surface area (Å²) in [5.74, 6) is 0.686. The van der Waals surface area contributed by atoms with Gasteiger partial charge in [0.1, 0.15) is 0 Å². The topological polar surface area (TPSA) is 20.2 Å². The molecule has 0 saturated carbocycles. The molecule has 1 nitrogen and oxygen atoms in total. The van der Waals surface area contributed by atoms with Crippen LogP contribution in [0.3, 0.4) is 0 Å². The summed E-state index contributed by atoms with van der Waals surface area (Å²) in [7, 11) is 0. The lowest BCUT2D eigenvalue weighted by Crippen LogP contribution is -1.94. The fourth-order valence-electron chi connectivity index (χ4n) is 2.33. The molecule has 0 radical (unpaired) electrons. The normalized spacial score (nSPS) is 11.0. The van der Waals surface area contributed by atoms with Gasteiger partial charge in [0, 0.05) is 0 Å². The number of benzene rings is 2. The molecule has 0 aliphatic rings. The summed E-state index contributed by atoms with van der Waals surface area (Å²) in [6.45, 7) is 6.61. The molecule has 100 valence electrons. The molecule has 1 heteroatoms. The van der Waals surface area contributed by atoms with Gasteiger partial charge in [0.05, 0.1) is 6.61 Å². The van der Waals surface area contributed by atoms with E-state index in [2.05, 4.69) is 56.3 Å². The molecule has 2 rings (SSSR count). The van der Waals surface area contributed by atoms with E-state index in [0.29, 0.717) is 5.92 Å². The standard InChI is InChI=1S/C18H22O/c1-13(2)10-15-5-8-16(9-6-15)17-7-4-14(3)18(11-17)12-19/h4-9,11,13,19H,10,12H2,1-3H3. The van der Waals surface area contributed by atoms with Crippen LogP contribution in [-0.4, -0.2) is 5.11 Å². The highest BCUT2D eigenvalue weighted by molar-refractivity contribution is 5.65. The van der Waals surface area contributed by atoms with Crippen molar-refractivity contribution < 1.29 is 5.11 Å². The van der Waals surface area contributed by atoms with Crippen LogP contribution >= 0.6 is 0 Å². The van der Waals surface area contributed by atoms with Gasteiger partial charge in [0.25, 0.3) is 0 Å². The molecule has 0 bridgehead atoms. The van der Waals surface area contributed by atoms with Gasteiger partial charge in [-0.15, -0.1) is 0 Å². The maximum absolute atomic E-state index is 9.33. The third-order valence-corrected chi connectivity index (χ3v) is 3.45. The summed E-state index contributed by atoms with van der Waals surface area (Å²) in [6, 6.07) is 15.0. The van der Waals surface area contributed by atoms with E-state index in [9.17, 15) is 5.11 Å². The predicted molar refractivity (Wildman–Crippen MR) is 81.1 cm³/mol. The van der Waals surface area contributed by atoms with E-state index in [1.165, 1.54) is 16.7 Å². The predicted octanol–water partition coefficient (Wildman–Crippen LogP) is 4.35. The third-order valence-electron chi connectivity index (χ3n) is 3.45. The van der Waals surface area contributed by atoms with E-state index >= 15 is 0 Å². The number of aryl methyl sites for hydroxylation is 1. The molecule has 0 unspecified atom stereocenters. The first kappa shape index (κ1) is 13.8. The molecule has 1 N–H and O–H groups in total. The van der Waals surface area contributed by atoms with E-state index in [4.69, 9.17) is 0 Å². The average molecular weight is 254 g/mol. The van der Waals surface area contributed by atoms with Crippen molar-refractivity contribution in [1.29, 1.82) is 0 Å². The van der Waals surface area contributed by atoms with Gasteiger partial charge in [-0.05, 0) is 53.1 Å². The minimum Gasteiger partial charge on any atom is -0.392 e. The van der Waals surface area contributed by atoms with Crippen LogP contribution in [0.4, 0.5) is 0 Å². The molecule has 2 aromatic rings. The SMILES string of the molecule is Cc1ccc(-c2ccc(CC(C)C)cc2)cc1CO. The molecule has 0 fully saturated rings. The van der Waals surface area contributed by atoms with Gasteiger partial charge in [0.15, 0.2) is 0 Å². The lowest BCUT2D eigenvalue weighted by Gasteiger charge is -2.09. The lowest BCUT2D eigenvalue weighted by molar-refractivity contribution is 0.281. The second kappa shape index (κ2) is 6.03. The largest absolute Gasteiger partial charge is 0.392 e. The van der Waals surface area contributed by atoms with Gasteiger partial charge in [-0.1, -0.05) is 50.2 Å². The average Bonchev–Trinajstić information content (AvgIpc) is 2.40. The highest BCUT2D eigenvalue weighted by Crippen LogP contribution is 2.23. The van der Waals surface area contributed by atoms with Crippen molar-refractivity contribution in [2.24, 2.45) is 5.92 Å². The molecule has 0 heterocycles. The van der Waals surface area contributed by atoms with Crippen LogP contribution < -0.4 is 0 Å². The van der Waals surface area contributed by atoms with Crippen molar-refractivity contribution in [1.82, 2.24) is 0 Å². The Morgan fingerprint density at radius 2 is 1.58 bits per heavy atom. The second-order valence-electron chi connectivity index (χ2n) is 5.59. The van der Waals surface area contributed by atoms with Crippen LogP contribution in [-0.2, 0) is 13.0 Å². The molecule has 0 saturated heterocycles. The van der Waals surface area contributed by atoms with E-state index in [1.54, 1.807) is 0 Å². The Kier molecular flexibility index (Phi) is 4.39. The molecule has 0 aliphatic carbocycles. The monoisotopic (exact) mass is 254 g/mol. The molecule has 0 aliphatic heterocycles. The zero-order valence-corrected chi connectivity index (χ0v) is 12.0. The fraction of sp³-hybridized carbons (Fsp3) is 0.333. The second-order valence-corrected chi connectivity index (χ2v) is 5.59. The minimum atomic E-state index is 0.102. The van der Waals surface area contributed by atoms with E-state index in [1.807, 2.05) is 6.92 Å². The molecule has 19 heavy (non-hydrogen) atoms. The van der Waals surface area contributed by atoms with Gasteiger partial charge in [-0.25, -0.2) is 0 Å². The summed E-state index contributed by atoms with van der Waals surface area (Å²) in [4.78, 5) is 0. The molecule has 0 spiro atoms. The number of rotatable bonds is 4. The van der Waals surface area contributed by atoms with Crippen LogP contribution in [0.2, 0.25) is 0 Å². The Morgan fingerprint density at radius 3 is 2.16 bits per heavy atom. The first-order valence-electron chi connectivity index (χ1n) is 6.90. The quantitative estimate of drug-likeness (QED) is 0.860. The first-order chi connectivity index (χ1) is 9.10. The molecular weight excluding hydrogens is 232 g/mol. The van der Waals surface area contributed by atoms with Gasteiger partial charge < -0.3 is 5.11 Å². The third kappa shape index (κ3) is 3.45. The number of hydrogen-bond acceptors (Lipinski definition) is 1. The zero-order chi connectivity index (χ0) is 13.8. The Hall–Kier alpha value is -1.60. The smallest absolute Gasteiger partial charge is 0.0684 e. The van der Waals surface area contributed by atoms with Gasteiger partial charge in [-0.3, -0.25) is 0 Å². The Balaban J connectivity index is 2.27.